The summed E-state index contributed by atoms with van der Waals surface area (Å²) in [6, 6.07) is 1.61. The van der Waals surface area contributed by atoms with E-state index in [1.807, 2.05) is 0 Å². The molecule has 0 saturated carbocycles. The maximum atomic E-state index is 13.5. The molecule has 0 radical (unpaired) electrons. The zero-order valence-electron chi connectivity index (χ0n) is 9.69. The fourth-order valence-electron chi connectivity index (χ4n) is 1.64. The zero-order valence-corrected chi connectivity index (χ0v) is 9.69. The van der Waals surface area contributed by atoms with Crippen LogP contribution in [0.3, 0.4) is 0 Å². The number of benzene rings is 1. The fraction of sp³-hybridized carbons (Fsp3) is 0.455. The molecule has 2 nitrogen and oxygen atoms in total. The van der Waals surface area contributed by atoms with Crippen molar-refractivity contribution in [3.05, 3.63) is 23.8 Å². The molecule has 7 heteroatoms. The van der Waals surface area contributed by atoms with Crippen molar-refractivity contribution in [1.82, 2.24) is 0 Å². The number of hydrogen-bond acceptors (Lipinski definition) is 2. The molecule has 0 aliphatic rings. The largest absolute Gasteiger partial charge is 0.405 e. The smallest absolute Gasteiger partial charge is 0.399 e. The van der Waals surface area contributed by atoms with Gasteiger partial charge in [0.1, 0.15) is 12.2 Å². The summed E-state index contributed by atoms with van der Waals surface area (Å²) in [5.41, 5.74) is 4.35. The quantitative estimate of drug-likeness (QED) is 0.670. The van der Waals surface area contributed by atoms with Gasteiger partial charge in [-0.05, 0) is 18.6 Å². The molecule has 1 rings (SSSR count). The highest BCUT2D eigenvalue weighted by atomic mass is 19.4. The minimum atomic E-state index is -4.53. The third-order valence-electron chi connectivity index (χ3n) is 2.22. The van der Waals surface area contributed by atoms with Crippen molar-refractivity contribution in [1.29, 1.82) is 0 Å². The number of halogens is 5. The Labute approximate surface area is 101 Å². The Balaban J connectivity index is 3.13. The lowest BCUT2D eigenvalue weighted by molar-refractivity contribution is -0.119. The Bertz CT molecular complexity index is 393. The van der Waals surface area contributed by atoms with Crippen LogP contribution in [0.4, 0.5) is 33.3 Å². The summed E-state index contributed by atoms with van der Waals surface area (Å²) in [7, 11) is 0. The Morgan fingerprint density at radius 3 is 2.06 bits per heavy atom. The summed E-state index contributed by atoms with van der Waals surface area (Å²) in [5.74, 6) is -2.18. The van der Waals surface area contributed by atoms with Crippen LogP contribution in [0.5, 0.6) is 0 Å². The lowest BCUT2D eigenvalue weighted by Crippen LogP contribution is -2.36. The van der Waals surface area contributed by atoms with E-state index in [2.05, 4.69) is 0 Å². The van der Waals surface area contributed by atoms with Crippen molar-refractivity contribution in [2.75, 3.05) is 23.7 Å². The van der Waals surface area contributed by atoms with E-state index in [1.165, 1.54) is 0 Å². The van der Waals surface area contributed by atoms with Gasteiger partial charge in [-0.15, -0.1) is 0 Å². The third-order valence-corrected chi connectivity index (χ3v) is 2.22. The second-order valence-electron chi connectivity index (χ2n) is 3.87. The van der Waals surface area contributed by atoms with Crippen molar-refractivity contribution in [3.8, 4) is 0 Å². The normalized spacial score (nSPS) is 11.7. The Hall–Kier alpha value is -1.53. The standard InChI is InChI=1S/C11H13F5N2/c1-2-3-18(6-11(14,15)16)10-8(12)4-7(17)5-9(10)13/h4-5H,2-3,6,17H2,1H3. The molecule has 1 aromatic rings. The van der Waals surface area contributed by atoms with Crippen LogP contribution in [0.25, 0.3) is 0 Å². The molecule has 2 N–H and O–H groups in total. The molecule has 18 heavy (non-hydrogen) atoms. The topological polar surface area (TPSA) is 29.3 Å². The summed E-state index contributed by atoms with van der Waals surface area (Å²) >= 11 is 0. The first kappa shape index (κ1) is 14.5. The van der Waals surface area contributed by atoms with Gasteiger partial charge in [-0.2, -0.15) is 13.2 Å². The van der Waals surface area contributed by atoms with Crippen LogP contribution in [0.2, 0.25) is 0 Å². The van der Waals surface area contributed by atoms with Gasteiger partial charge < -0.3 is 10.6 Å². The average molecular weight is 268 g/mol. The first-order valence-electron chi connectivity index (χ1n) is 5.31. The molecule has 0 unspecified atom stereocenters. The number of rotatable bonds is 4. The highest BCUT2D eigenvalue weighted by Gasteiger charge is 2.32. The van der Waals surface area contributed by atoms with E-state index < -0.39 is 30.0 Å². The summed E-state index contributed by atoms with van der Waals surface area (Å²) in [5, 5.41) is 0. The Kier molecular flexibility index (Phi) is 4.37. The molecule has 0 heterocycles. The van der Waals surface area contributed by atoms with Crippen molar-refractivity contribution >= 4 is 11.4 Å². The van der Waals surface area contributed by atoms with Crippen LogP contribution in [-0.2, 0) is 0 Å². The number of nitrogens with two attached hydrogens (primary N) is 1. The van der Waals surface area contributed by atoms with Gasteiger partial charge in [0.05, 0.1) is 0 Å². The minimum Gasteiger partial charge on any atom is -0.399 e. The van der Waals surface area contributed by atoms with E-state index in [-0.39, 0.29) is 12.2 Å². The lowest BCUT2D eigenvalue weighted by atomic mass is 10.2. The molecular weight excluding hydrogens is 255 g/mol. The van der Waals surface area contributed by atoms with E-state index >= 15 is 0 Å². The summed E-state index contributed by atoms with van der Waals surface area (Å²) < 4.78 is 64.1. The minimum absolute atomic E-state index is 0.0999. The molecule has 0 fully saturated rings. The number of hydrogen-bond donors (Lipinski definition) is 1. The second kappa shape index (κ2) is 5.41. The van der Waals surface area contributed by atoms with Gasteiger partial charge >= 0.3 is 6.18 Å². The monoisotopic (exact) mass is 268 g/mol. The van der Waals surface area contributed by atoms with Gasteiger partial charge in [-0.3, -0.25) is 0 Å². The molecule has 0 amide bonds. The maximum absolute atomic E-state index is 13.5. The van der Waals surface area contributed by atoms with Crippen LogP contribution in [0, 0.1) is 11.6 Å². The van der Waals surface area contributed by atoms with Crippen molar-refractivity contribution in [2.24, 2.45) is 0 Å². The van der Waals surface area contributed by atoms with Crippen molar-refractivity contribution in [2.45, 2.75) is 19.5 Å². The molecule has 0 bridgehead atoms. The first-order valence-corrected chi connectivity index (χ1v) is 5.31. The van der Waals surface area contributed by atoms with E-state index in [4.69, 9.17) is 5.73 Å². The molecule has 102 valence electrons. The molecular formula is C11H13F5N2. The number of nitrogen functional groups attached to an aromatic ring is 1. The van der Waals surface area contributed by atoms with E-state index in [0.717, 1.165) is 12.1 Å². The van der Waals surface area contributed by atoms with Crippen LogP contribution in [0.1, 0.15) is 13.3 Å². The molecule has 0 atom stereocenters. The summed E-state index contributed by atoms with van der Waals surface area (Å²) in [6.45, 7) is 0.117. The molecule has 0 aromatic heterocycles. The molecule has 0 saturated heterocycles. The molecule has 1 aromatic carbocycles. The molecule has 0 aliphatic heterocycles. The van der Waals surface area contributed by atoms with Crippen LogP contribution < -0.4 is 10.6 Å². The van der Waals surface area contributed by atoms with E-state index in [9.17, 15) is 22.0 Å². The SMILES string of the molecule is CCCN(CC(F)(F)F)c1c(F)cc(N)cc1F. The highest BCUT2D eigenvalue weighted by molar-refractivity contribution is 5.56. The predicted octanol–water partition coefficient (Wildman–Crippen LogP) is 3.33. The van der Waals surface area contributed by atoms with E-state index in [1.54, 1.807) is 6.92 Å². The van der Waals surface area contributed by atoms with Gasteiger partial charge in [-0.25, -0.2) is 8.78 Å². The summed E-state index contributed by atoms with van der Waals surface area (Å²) in [6.07, 6.45) is -4.20. The Morgan fingerprint density at radius 1 is 1.17 bits per heavy atom. The molecule has 0 aliphatic carbocycles. The predicted molar refractivity (Wildman–Crippen MR) is 59.3 cm³/mol. The van der Waals surface area contributed by atoms with Gasteiger partial charge in [0.2, 0.25) is 0 Å². The molecule has 0 spiro atoms. The van der Waals surface area contributed by atoms with Crippen molar-refractivity contribution in [3.63, 3.8) is 0 Å². The van der Waals surface area contributed by atoms with Crippen LogP contribution in [0.15, 0.2) is 12.1 Å². The Morgan fingerprint density at radius 2 is 1.67 bits per heavy atom. The van der Waals surface area contributed by atoms with Crippen LogP contribution >= 0.6 is 0 Å². The number of nitrogens with zero attached hydrogens (tertiary/aromatic N) is 1. The fourth-order valence-corrected chi connectivity index (χ4v) is 1.64. The second-order valence-corrected chi connectivity index (χ2v) is 3.87. The third kappa shape index (κ3) is 3.75. The van der Waals surface area contributed by atoms with Gasteiger partial charge in [-0.1, -0.05) is 6.92 Å². The number of alkyl halides is 3. The summed E-state index contributed by atoms with van der Waals surface area (Å²) in [4.78, 5) is 0.629. The van der Waals surface area contributed by atoms with Gasteiger partial charge in [0.25, 0.3) is 0 Å². The highest BCUT2D eigenvalue weighted by Crippen LogP contribution is 2.29. The van der Waals surface area contributed by atoms with Gasteiger partial charge in [0, 0.05) is 12.2 Å². The number of anilines is 2. The van der Waals surface area contributed by atoms with Crippen LogP contribution in [-0.4, -0.2) is 19.3 Å². The maximum Gasteiger partial charge on any atom is 0.405 e. The van der Waals surface area contributed by atoms with E-state index in [0.29, 0.717) is 11.3 Å². The first-order chi connectivity index (χ1) is 8.24. The zero-order chi connectivity index (χ0) is 13.9. The lowest BCUT2D eigenvalue weighted by Gasteiger charge is -2.26. The van der Waals surface area contributed by atoms with Crippen molar-refractivity contribution < 1.29 is 22.0 Å². The van der Waals surface area contributed by atoms with Gasteiger partial charge in [0.15, 0.2) is 11.6 Å². The average Bonchev–Trinajstić information content (AvgIpc) is 2.13.